The summed E-state index contributed by atoms with van der Waals surface area (Å²) in [7, 11) is 0. The van der Waals surface area contributed by atoms with E-state index in [1.54, 1.807) is 6.08 Å². The standard InChI is InChI=1S/C29H37N3O4/c1-3-17-34-22-24(33)19-31(20-26-16-11-18-35-26)21-27-28(4-2)30-32(23-12-7-5-8-13-23)29(27)36-25-14-9-6-10-15-25/h3,5-10,12-15,24,26,33H,1,4,11,16-22H2,2H3. The van der Waals surface area contributed by atoms with Gasteiger partial charge in [0, 0.05) is 26.2 Å². The van der Waals surface area contributed by atoms with Crippen LogP contribution in [-0.4, -0.2) is 64.9 Å². The highest BCUT2D eigenvalue weighted by Gasteiger charge is 2.26. The van der Waals surface area contributed by atoms with Crippen molar-refractivity contribution in [2.75, 3.05) is 32.9 Å². The van der Waals surface area contributed by atoms with E-state index in [-0.39, 0.29) is 12.7 Å². The van der Waals surface area contributed by atoms with E-state index in [4.69, 9.17) is 19.3 Å². The summed E-state index contributed by atoms with van der Waals surface area (Å²) >= 11 is 0. The number of aromatic nitrogens is 2. The molecule has 0 saturated carbocycles. The molecule has 0 amide bonds. The van der Waals surface area contributed by atoms with Crippen molar-refractivity contribution < 1.29 is 19.3 Å². The minimum atomic E-state index is -0.626. The fourth-order valence-corrected chi connectivity index (χ4v) is 4.51. The Labute approximate surface area is 213 Å². The Morgan fingerprint density at radius 1 is 1.19 bits per heavy atom. The van der Waals surface area contributed by atoms with E-state index in [2.05, 4.69) is 18.4 Å². The number of aryl methyl sites for hydroxylation is 1. The maximum Gasteiger partial charge on any atom is 0.227 e. The Bertz CT molecular complexity index is 1060. The van der Waals surface area contributed by atoms with Gasteiger partial charge in [0.1, 0.15) is 5.75 Å². The molecule has 2 heterocycles. The first-order valence-corrected chi connectivity index (χ1v) is 12.8. The van der Waals surface area contributed by atoms with Crippen LogP contribution < -0.4 is 4.74 Å². The first-order valence-electron chi connectivity index (χ1n) is 12.8. The summed E-state index contributed by atoms with van der Waals surface area (Å²) in [4.78, 5) is 2.24. The van der Waals surface area contributed by atoms with Crippen molar-refractivity contribution in [3.63, 3.8) is 0 Å². The van der Waals surface area contributed by atoms with E-state index in [1.165, 1.54) is 0 Å². The topological polar surface area (TPSA) is 69.0 Å². The molecule has 36 heavy (non-hydrogen) atoms. The van der Waals surface area contributed by atoms with E-state index in [0.29, 0.717) is 25.6 Å². The van der Waals surface area contributed by atoms with Gasteiger partial charge >= 0.3 is 0 Å². The Morgan fingerprint density at radius 3 is 2.61 bits per heavy atom. The molecule has 1 saturated heterocycles. The third-order valence-corrected chi connectivity index (χ3v) is 6.20. The lowest BCUT2D eigenvalue weighted by Gasteiger charge is -2.27. The number of aliphatic hydroxyl groups excluding tert-OH is 1. The Morgan fingerprint density at radius 2 is 1.94 bits per heavy atom. The van der Waals surface area contributed by atoms with Gasteiger partial charge in [-0.3, -0.25) is 4.90 Å². The van der Waals surface area contributed by atoms with Crippen LogP contribution in [0.5, 0.6) is 11.6 Å². The summed E-state index contributed by atoms with van der Waals surface area (Å²) in [5.41, 5.74) is 2.93. The van der Waals surface area contributed by atoms with E-state index < -0.39 is 6.10 Å². The number of para-hydroxylation sites is 2. The highest BCUT2D eigenvalue weighted by Crippen LogP contribution is 2.32. The van der Waals surface area contributed by atoms with Crippen molar-refractivity contribution in [3.05, 3.63) is 84.6 Å². The van der Waals surface area contributed by atoms with E-state index in [1.807, 2.05) is 65.3 Å². The van der Waals surface area contributed by atoms with Gasteiger partial charge in [0.2, 0.25) is 5.88 Å². The number of aliphatic hydroxyl groups is 1. The summed E-state index contributed by atoms with van der Waals surface area (Å²) in [5.74, 6) is 1.45. The lowest BCUT2D eigenvalue weighted by Crippen LogP contribution is -2.39. The molecule has 3 aromatic rings. The molecule has 2 unspecified atom stereocenters. The Hall–Kier alpha value is -2.97. The largest absolute Gasteiger partial charge is 0.439 e. The molecule has 0 aliphatic carbocycles. The van der Waals surface area contributed by atoms with E-state index >= 15 is 0 Å². The molecular weight excluding hydrogens is 454 g/mol. The molecule has 0 bridgehead atoms. The van der Waals surface area contributed by atoms with Crippen molar-refractivity contribution in [2.45, 2.75) is 44.9 Å². The van der Waals surface area contributed by atoms with Crippen LogP contribution in [0.1, 0.15) is 31.0 Å². The molecule has 2 aromatic carbocycles. The van der Waals surface area contributed by atoms with Gasteiger partial charge in [0.05, 0.1) is 42.4 Å². The van der Waals surface area contributed by atoms with Crippen molar-refractivity contribution in [3.8, 4) is 17.3 Å². The summed E-state index contributed by atoms with van der Waals surface area (Å²) < 4.78 is 19.8. The highest BCUT2D eigenvalue weighted by molar-refractivity contribution is 5.43. The molecule has 0 radical (unpaired) electrons. The highest BCUT2D eigenvalue weighted by atomic mass is 16.5. The summed E-state index contributed by atoms with van der Waals surface area (Å²) in [6.45, 7) is 9.01. The first kappa shape index (κ1) is 26.1. The molecular formula is C29H37N3O4. The zero-order valence-electron chi connectivity index (χ0n) is 21.1. The van der Waals surface area contributed by atoms with Crippen LogP contribution in [0.15, 0.2) is 73.3 Å². The van der Waals surface area contributed by atoms with E-state index in [9.17, 15) is 5.11 Å². The second-order valence-corrected chi connectivity index (χ2v) is 9.06. The van der Waals surface area contributed by atoms with Gasteiger partial charge in [0.15, 0.2) is 0 Å². The Kier molecular flexibility index (Phi) is 9.69. The van der Waals surface area contributed by atoms with Gasteiger partial charge in [-0.05, 0) is 43.5 Å². The smallest absolute Gasteiger partial charge is 0.227 e. The molecule has 192 valence electrons. The number of nitrogens with zero attached hydrogens (tertiary/aromatic N) is 3. The quantitative estimate of drug-likeness (QED) is 0.259. The molecule has 1 aliphatic rings. The van der Waals surface area contributed by atoms with Crippen LogP contribution in [0.25, 0.3) is 5.69 Å². The zero-order valence-corrected chi connectivity index (χ0v) is 21.1. The lowest BCUT2D eigenvalue weighted by atomic mass is 10.1. The zero-order chi connectivity index (χ0) is 25.2. The van der Waals surface area contributed by atoms with E-state index in [0.717, 1.165) is 55.1 Å². The van der Waals surface area contributed by atoms with Crippen molar-refractivity contribution in [1.82, 2.24) is 14.7 Å². The molecule has 7 heteroatoms. The van der Waals surface area contributed by atoms with Gasteiger partial charge < -0.3 is 19.3 Å². The number of rotatable bonds is 14. The third-order valence-electron chi connectivity index (χ3n) is 6.20. The number of ether oxygens (including phenoxy) is 3. The molecule has 0 spiro atoms. The minimum absolute atomic E-state index is 0.152. The molecule has 1 aliphatic heterocycles. The predicted octanol–water partition coefficient (Wildman–Crippen LogP) is 4.77. The predicted molar refractivity (Wildman–Crippen MR) is 141 cm³/mol. The number of hydrogen-bond donors (Lipinski definition) is 1. The number of hydrogen-bond acceptors (Lipinski definition) is 6. The van der Waals surface area contributed by atoms with Crippen molar-refractivity contribution >= 4 is 0 Å². The summed E-state index contributed by atoms with van der Waals surface area (Å²) in [6, 6.07) is 19.8. The SMILES string of the molecule is C=CCOCC(O)CN(Cc1c(CC)nn(-c2ccccc2)c1Oc1ccccc1)CC1CCCO1. The van der Waals surface area contributed by atoms with Crippen LogP contribution in [-0.2, 0) is 22.4 Å². The van der Waals surface area contributed by atoms with Gasteiger partial charge in [-0.15, -0.1) is 6.58 Å². The fraction of sp³-hybridized carbons (Fsp3) is 0.414. The maximum absolute atomic E-state index is 10.7. The number of benzene rings is 2. The van der Waals surface area contributed by atoms with Gasteiger partial charge in [-0.2, -0.15) is 5.10 Å². The van der Waals surface area contributed by atoms with Crippen molar-refractivity contribution in [1.29, 1.82) is 0 Å². The third kappa shape index (κ3) is 7.04. The molecule has 4 rings (SSSR count). The van der Waals surface area contributed by atoms with Crippen LogP contribution in [0.3, 0.4) is 0 Å². The second-order valence-electron chi connectivity index (χ2n) is 9.06. The van der Waals surface area contributed by atoms with Crippen LogP contribution in [0.2, 0.25) is 0 Å². The van der Waals surface area contributed by atoms with Gasteiger partial charge in [0.25, 0.3) is 0 Å². The monoisotopic (exact) mass is 491 g/mol. The van der Waals surface area contributed by atoms with Crippen LogP contribution >= 0.6 is 0 Å². The average Bonchev–Trinajstić information content (AvgIpc) is 3.53. The van der Waals surface area contributed by atoms with Gasteiger partial charge in [-0.1, -0.05) is 49.4 Å². The molecule has 2 atom stereocenters. The van der Waals surface area contributed by atoms with Crippen molar-refractivity contribution in [2.24, 2.45) is 0 Å². The second kappa shape index (κ2) is 13.4. The molecule has 1 fully saturated rings. The average molecular weight is 492 g/mol. The normalized spacial score (nSPS) is 16.4. The fourth-order valence-electron chi connectivity index (χ4n) is 4.51. The molecule has 1 N–H and O–H groups in total. The van der Waals surface area contributed by atoms with Crippen LogP contribution in [0.4, 0.5) is 0 Å². The van der Waals surface area contributed by atoms with Crippen LogP contribution in [0, 0.1) is 0 Å². The lowest BCUT2D eigenvalue weighted by molar-refractivity contribution is 0.00835. The minimum Gasteiger partial charge on any atom is -0.439 e. The molecule has 1 aromatic heterocycles. The Balaban J connectivity index is 1.66. The maximum atomic E-state index is 10.7. The summed E-state index contributed by atoms with van der Waals surface area (Å²) in [6.07, 6.45) is 4.07. The summed E-state index contributed by atoms with van der Waals surface area (Å²) in [5, 5.41) is 15.7. The first-order chi connectivity index (χ1) is 17.7. The molecule has 7 nitrogen and oxygen atoms in total. The van der Waals surface area contributed by atoms with Gasteiger partial charge in [-0.25, -0.2) is 4.68 Å².